The molecule has 0 unspecified atom stereocenters. The molecule has 0 aliphatic carbocycles. The van der Waals surface area contributed by atoms with Crippen LogP contribution in [-0.2, 0) is 24.7 Å². The Morgan fingerprint density at radius 2 is 1.79 bits per heavy atom. The van der Waals surface area contributed by atoms with Crippen molar-refractivity contribution >= 4 is 41.7 Å². The number of rotatable bonds is 5. The molecule has 24 heavy (non-hydrogen) atoms. The van der Waals surface area contributed by atoms with Crippen LogP contribution in [0.25, 0.3) is 0 Å². The summed E-state index contributed by atoms with van der Waals surface area (Å²) in [6, 6.07) is 6.51. The van der Waals surface area contributed by atoms with Crippen molar-refractivity contribution in [2.45, 2.75) is 23.0 Å². The van der Waals surface area contributed by atoms with Crippen LogP contribution < -0.4 is 5.32 Å². The lowest BCUT2D eigenvalue weighted by Crippen LogP contribution is -2.44. The first-order valence-electron chi connectivity index (χ1n) is 7.35. The van der Waals surface area contributed by atoms with Gasteiger partial charge in [0.25, 0.3) is 0 Å². The molecule has 1 aromatic rings. The molecule has 0 radical (unpaired) electrons. The summed E-state index contributed by atoms with van der Waals surface area (Å²) < 4.78 is 51.5. The predicted octanol–water partition coefficient (Wildman–Crippen LogP) is 0.763. The molecular formula is C14H19BrN2O5S2. The zero-order valence-electron chi connectivity index (χ0n) is 13.1. The summed E-state index contributed by atoms with van der Waals surface area (Å²) >= 11 is 3.23. The predicted molar refractivity (Wildman–Crippen MR) is 93.8 cm³/mol. The molecule has 0 atom stereocenters. The summed E-state index contributed by atoms with van der Waals surface area (Å²) in [4.78, 5) is 11.5. The van der Waals surface area contributed by atoms with Gasteiger partial charge in [-0.1, -0.05) is 12.1 Å². The van der Waals surface area contributed by atoms with Gasteiger partial charge in [-0.3, -0.25) is 4.79 Å². The average molecular weight is 439 g/mol. The molecule has 7 nitrogen and oxygen atoms in total. The molecule has 0 spiro atoms. The third-order valence-corrected chi connectivity index (χ3v) is 9.04. The molecule has 10 heteroatoms. The molecule has 134 valence electrons. The number of hydrogen-bond acceptors (Lipinski definition) is 5. The van der Waals surface area contributed by atoms with E-state index in [1.165, 1.54) is 17.4 Å². The fraction of sp³-hybridized carbons (Fsp3) is 0.500. The van der Waals surface area contributed by atoms with Crippen molar-refractivity contribution in [1.82, 2.24) is 9.62 Å². The summed E-state index contributed by atoms with van der Waals surface area (Å²) in [7, 11) is -5.88. The Labute approximate surface area is 150 Å². The highest BCUT2D eigenvalue weighted by Crippen LogP contribution is 2.28. The van der Waals surface area contributed by atoms with Crippen LogP contribution in [0.3, 0.4) is 0 Å². The fourth-order valence-electron chi connectivity index (χ4n) is 2.60. The Morgan fingerprint density at radius 1 is 1.21 bits per heavy atom. The average Bonchev–Trinajstić information content (AvgIpc) is 2.54. The lowest BCUT2D eigenvalue weighted by Gasteiger charge is -2.31. The van der Waals surface area contributed by atoms with Gasteiger partial charge in [0.15, 0.2) is 9.84 Å². The quantitative estimate of drug-likeness (QED) is 0.731. The number of carbonyl (C=O) groups is 1. The third-order valence-electron chi connectivity index (χ3n) is 3.97. The van der Waals surface area contributed by atoms with Crippen molar-refractivity contribution in [1.29, 1.82) is 0 Å². The number of piperidine rings is 1. The van der Waals surface area contributed by atoms with Gasteiger partial charge in [-0.25, -0.2) is 16.8 Å². The van der Waals surface area contributed by atoms with Crippen LogP contribution in [0.5, 0.6) is 0 Å². The van der Waals surface area contributed by atoms with Crippen LogP contribution in [0.1, 0.15) is 12.8 Å². The van der Waals surface area contributed by atoms with Gasteiger partial charge in [-0.15, -0.1) is 0 Å². The lowest BCUT2D eigenvalue weighted by atomic mass is 10.2. The maximum Gasteiger partial charge on any atom is 0.244 e. The van der Waals surface area contributed by atoms with Crippen molar-refractivity contribution in [3.05, 3.63) is 28.7 Å². The van der Waals surface area contributed by atoms with Gasteiger partial charge in [0.2, 0.25) is 15.9 Å². The van der Waals surface area contributed by atoms with Gasteiger partial charge in [0.1, 0.15) is 5.75 Å². The second kappa shape index (κ2) is 7.51. The fourth-order valence-corrected chi connectivity index (χ4v) is 6.71. The first-order valence-corrected chi connectivity index (χ1v) is 11.3. The van der Waals surface area contributed by atoms with E-state index >= 15 is 0 Å². The molecule has 2 rings (SSSR count). The minimum atomic E-state index is -3.68. The minimum absolute atomic E-state index is 0.112. The van der Waals surface area contributed by atoms with Crippen molar-refractivity contribution in [3.8, 4) is 0 Å². The van der Waals surface area contributed by atoms with E-state index in [0.717, 1.165) is 0 Å². The lowest BCUT2D eigenvalue weighted by molar-refractivity contribution is -0.118. The second-order valence-electron chi connectivity index (χ2n) is 5.51. The molecule has 1 amide bonds. The van der Waals surface area contributed by atoms with Crippen molar-refractivity contribution in [3.63, 3.8) is 0 Å². The van der Waals surface area contributed by atoms with Gasteiger partial charge in [0, 0.05) is 24.6 Å². The molecule has 0 bridgehead atoms. The summed E-state index contributed by atoms with van der Waals surface area (Å²) in [6.45, 7) is 0.225. The van der Waals surface area contributed by atoms with E-state index in [-0.39, 0.29) is 30.8 Å². The number of nitrogens with one attached hydrogen (secondary N) is 1. The number of sulfonamides is 1. The van der Waals surface area contributed by atoms with Gasteiger partial charge < -0.3 is 5.32 Å². The highest BCUT2D eigenvalue weighted by molar-refractivity contribution is 9.10. The number of carbonyl (C=O) groups excluding carboxylic acids is 1. The molecule has 0 saturated carbocycles. The van der Waals surface area contributed by atoms with Crippen LogP contribution >= 0.6 is 15.9 Å². The Balaban J connectivity index is 2.10. The Bertz CT molecular complexity index is 815. The van der Waals surface area contributed by atoms with Crippen molar-refractivity contribution in [2.75, 3.05) is 25.9 Å². The Hall–Kier alpha value is -0.970. The van der Waals surface area contributed by atoms with Gasteiger partial charge in [-0.2, -0.15) is 4.31 Å². The second-order valence-corrected chi connectivity index (χ2v) is 10.6. The molecule has 1 N–H and O–H groups in total. The monoisotopic (exact) mass is 438 g/mol. The summed E-state index contributed by atoms with van der Waals surface area (Å²) in [6.07, 6.45) is 0.367. The van der Waals surface area contributed by atoms with Crippen molar-refractivity contribution < 1.29 is 21.6 Å². The van der Waals surface area contributed by atoms with Crippen molar-refractivity contribution in [2.24, 2.45) is 0 Å². The summed E-state index contributed by atoms with van der Waals surface area (Å²) in [5, 5.41) is 1.60. The normalized spacial score (nSPS) is 17.6. The number of halogens is 1. The molecule has 0 aromatic heterocycles. The van der Waals surface area contributed by atoms with Gasteiger partial charge >= 0.3 is 0 Å². The SMILES string of the molecule is CNC(=O)CS(=O)(=O)C1CCN(S(=O)(=O)c2ccccc2Br)CC1. The molecular weight excluding hydrogens is 420 g/mol. The zero-order valence-corrected chi connectivity index (χ0v) is 16.3. The van der Waals surface area contributed by atoms with E-state index in [2.05, 4.69) is 21.2 Å². The van der Waals surface area contributed by atoms with Gasteiger partial charge in [-0.05, 0) is 40.9 Å². The number of benzene rings is 1. The van der Waals surface area contributed by atoms with E-state index in [1.54, 1.807) is 18.2 Å². The molecule has 1 fully saturated rings. The first kappa shape index (κ1) is 19.4. The number of amides is 1. The summed E-state index contributed by atoms with van der Waals surface area (Å²) in [5.41, 5.74) is 0. The number of sulfone groups is 1. The van der Waals surface area contributed by atoms with Crippen LogP contribution in [0.2, 0.25) is 0 Å². The van der Waals surface area contributed by atoms with Gasteiger partial charge in [0.05, 0.1) is 10.1 Å². The topological polar surface area (TPSA) is 101 Å². The van der Waals surface area contributed by atoms with E-state index in [1.807, 2.05) is 0 Å². The Kier molecular flexibility index (Phi) is 6.05. The first-order chi connectivity index (χ1) is 11.2. The molecule has 1 saturated heterocycles. The van der Waals surface area contributed by atoms with E-state index in [0.29, 0.717) is 4.47 Å². The standard InChI is InChI=1S/C14H19BrN2O5S2/c1-16-14(18)10-23(19,20)11-6-8-17(9-7-11)24(21,22)13-5-3-2-4-12(13)15/h2-5,11H,6-10H2,1H3,(H,16,18). The van der Waals surface area contributed by atoms with E-state index < -0.39 is 36.8 Å². The largest absolute Gasteiger partial charge is 0.358 e. The molecule has 1 heterocycles. The number of nitrogens with zero attached hydrogens (tertiary/aromatic N) is 1. The highest BCUT2D eigenvalue weighted by Gasteiger charge is 2.36. The Morgan fingerprint density at radius 3 is 2.33 bits per heavy atom. The third kappa shape index (κ3) is 4.16. The smallest absolute Gasteiger partial charge is 0.244 e. The van der Waals surface area contributed by atoms with Crippen LogP contribution in [0.4, 0.5) is 0 Å². The number of hydrogen-bond donors (Lipinski definition) is 1. The van der Waals surface area contributed by atoms with Crippen LogP contribution in [0, 0.1) is 0 Å². The van der Waals surface area contributed by atoms with Crippen LogP contribution in [0.15, 0.2) is 33.6 Å². The van der Waals surface area contributed by atoms with E-state index in [4.69, 9.17) is 0 Å². The minimum Gasteiger partial charge on any atom is -0.358 e. The molecule has 1 aromatic carbocycles. The highest BCUT2D eigenvalue weighted by atomic mass is 79.9. The maximum atomic E-state index is 12.7. The summed E-state index contributed by atoms with van der Waals surface area (Å²) in [5.74, 6) is -1.12. The zero-order chi connectivity index (χ0) is 18.0. The van der Waals surface area contributed by atoms with Crippen LogP contribution in [-0.4, -0.2) is 58.2 Å². The van der Waals surface area contributed by atoms with E-state index in [9.17, 15) is 21.6 Å². The molecule has 1 aliphatic rings. The maximum absolute atomic E-state index is 12.7. The molecule has 1 aliphatic heterocycles.